The minimum Gasteiger partial charge on any atom is -0.497 e. The molecule has 2 rings (SSSR count). The molecule has 0 spiro atoms. The fraction of sp³-hybridized carbons (Fsp3) is 0.600. The Balaban J connectivity index is 1.81. The zero-order valence-electron chi connectivity index (χ0n) is 11.1. The third kappa shape index (κ3) is 3.47. The third-order valence-corrected chi connectivity index (χ3v) is 3.40. The maximum Gasteiger partial charge on any atom is 0.119 e. The van der Waals surface area contributed by atoms with Gasteiger partial charge in [0.15, 0.2) is 0 Å². The van der Waals surface area contributed by atoms with Gasteiger partial charge in [-0.3, -0.25) is 0 Å². The molecule has 0 bridgehead atoms. The molecule has 1 saturated carbocycles. The highest BCUT2D eigenvalue weighted by Gasteiger charge is 2.37. The van der Waals surface area contributed by atoms with Crippen LogP contribution < -0.4 is 10.1 Å². The second-order valence-corrected chi connectivity index (χ2v) is 5.43. The number of hydrogen-bond acceptors (Lipinski definition) is 2. The number of methoxy groups -OCH3 is 1. The number of ether oxygens (including phenoxy) is 1. The second kappa shape index (κ2) is 5.54. The molecule has 2 unspecified atom stereocenters. The number of rotatable bonds is 6. The van der Waals surface area contributed by atoms with Crippen molar-refractivity contribution in [3.63, 3.8) is 0 Å². The van der Waals surface area contributed by atoms with Gasteiger partial charge in [-0.15, -0.1) is 0 Å². The first-order valence-electron chi connectivity index (χ1n) is 6.55. The molecule has 2 atom stereocenters. The summed E-state index contributed by atoms with van der Waals surface area (Å²) in [6.45, 7) is 6.78. The Morgan fingerprint density at radius 1 is 1.41 bits per heavy atom. The van der Waals surface area contributed by atoms with Gasteiger partial charge >= 0.3 is 0 Å². The molecule has 0 heterocycles. The van der Waals surface area contributed by atoms with Crippen molar-refractivity contribution in [2.24, 2.45) is 11.8 Å². The average molecular weight is 233 g/mol. The Kier molecular flexibility index (Phi) is 4.06. The first-order valence-corrected chi connectivity index (χ1v) is 6.55. The molecule has 1 aliphatic carbocycles. The molecule has 1 aromatic carbocycles. The Morgan fingerprint density at radius 3 is 2.94 bits per heavy atom. The molecule has 1 aromatic rings. The van der Waals surface area contributed by atoms with Crippen molar-refractivity contribution in [3.8, 4) is 5.75 Å². The molecule has 0 radical (unpaired) electrons. The molecule has 0 aliphatic heterocycles. The molecule has 1 fully saturated rings. The summed E-state index contributed by atoms with van der Waals surface area (Å²) in [5.74, 6) is 3.28. The highest BCUT2D eigenvalue weighted by molar-refractivity contribution is 5.34. The molecular weight excluding hydrogens is 210 g/mol. The van der Waals surface area contributed by atoms with Crippen LogP contribution in [0.25, 0.3) is 0 Å². The van der Waals surface area contributed by atoms with Gasteiger partial charge in [0, 0.05) is 0 Å². The van der Waals surface area contributed by atoms with E-state index >= 15 is 0 Å². The lowest BCUT2D eigenvalue weighted by molar-refractivity contribution is 0.414. The zero-order valence-corrected chi connectivity index (χ0v) is 11.1. The summed E-state index contributed by atoms with van der Waals surface area (Å²) in [6, 6.07) is 8.49. The standard InChI is InChI=1S/C15H23NO/c1-11(2)9-16-10-13-8-15(13)12-5-4-6-14(7-12)17-3/h4-7,11,13,15-16H,8-10H2,1-3H3. The highest BCUT2D eigenvalue weighted by Crippen LogP contribution is 2.47. The van der Waals surface area contributed by atoms with E-state index in [1.807, 2.05) is 6.07 Å². The fourth-order valence-corrected chi connectivity index (χ4v) is 2.31. The highest BCUT2D eigenvalue weighted by atomic mass is 16.5. The molecule has 2 heteroatoms. The van der Waals surface area contributed by atoms with Crippen LogP contribution in [-0.4, -0.2) is 20.2 Å². The smallest absolute Gasteiger partial charge is 0.119 e. The van der Waals surface area contributed by atoms with Crippen molar-refractivity contribution in [3.05, 3.63) is 29.8 Å². The van der Waals surface area contributed by atoms with Crippen LogP contribution >= 0.6 is 0 Å². The minimum atomic E-state index is 0.740. The number of nitrogens with one attached hydrogen (secondary N) is 1. The summed E-state index contributed by atoms with van der Waals surface area (Å²) in [5, 5.41) is 3.54. The first-order chi connectivity index (χ1) is 8.20. The van der Waals surface area contributed by atoms with Gasteiger partial charge < -0.3 is 10.1 Å². The summed E-state index contributed by atoms with van der Waals surface area (Å²) in [6.07, 6.45) is 1.32. The summed E-state index contributed by atoms with van der Waals surface area (Å²) >= 11 is 0. The average Bonchev–Trinajstić information content (AvgIpc) is 3.08. The van der Waals surface area contributed by atoms with Crippen molar-refractivity contribution >= 4 is 0 Å². The molecule has 0 amide bonds. The van der Waals surface area contributed by atoms with Gasteiger partial charge in [-0.2, -0.15) is 0 Å². The summed E-state index contributed by atoms with van der Waals surface area (Å²) in [5.41, 5.74) is 1.43. The van der Waals surface area contributed by atoms with E-state index in [1.54, 1.807) is 7.11 Å². The van der Waals surface area contributed by atoms with E-state index in [4.69, 9.17) is 4.74 Å². The van der Waals surface area contributed by atoms with Crippen LogP contribution in [-0.2, 0) is 0 Å². The van der Waals surface area contributed by atoms with Crippen molar-refractivity contribution in [2.45, 2.75) is 26.2 Å². The number of hydrogen-bond donors (Lipinski definition) is 1. The van der Waals surface area contributed by atoms with Gasteiger partial charge in [-0.05, 0) is 55.0 Å². The van der Waals surface area contributed by atoms with Crippen LogP contribution in [0.4, 0.5) is 0 Å². The summed E-state index contributed by atoms with van der Waals surface area (Å²) in [7, 11) is 1.73. The zero-order chi connectivity index (χ0) is 12.3. The molecule has 1 aliphatic rings. The number of benzene rings is 1. The molecule has 17 heavy (non-hydrogen) atoms. The lowest BCUT2D eigenvalue weighted by Crippen LogP contribution is -2.22. The van der Waals surface area contributed by atoms with Gasteiger partial charge in [0.1, 0.15) is 5.75 Å². The Labute approximate surface area is 104 Å². The summed E-state index contributed by atoms with van der Waals surface area (Å²) < 4.78 is 5.27. The van der Waals surface area contributed by atoms with Crippen molar-refractivity contribution in [1.82, 2.24) is 5.32 Å². The molecule has 0 saturated heterocycles. The van der Waals surface area contributed by atoms with Gasteiger partial charge in [-0.1, -0.05) is 26.0 Å². The molecule has 0 aromatic heterocycles. The Bertz CT molecular complexity index is 362. The van der Waals surface area contributed by atoms with E-state index in [0.29, 0.717) is 0 Å². The SMILES string of the molecule is COc1cccc(C2CC2CNCC(C)C)c1. The van der Waals surface area contributed by atoms with Gasteiger partial charge in [0.05, 0.1) is 7.11 Å². The van der Waals surface area contributed by atoms with Crippen LogP contribution in [0.3, 0.4) is 0 Å². The first kappa shape index (κ1) is 12.4. The quantitative estimate of drug-likeness (QED) is 0.815. The van der Waals surface area contributed by atoms with Crippen LogP contribution in [0, 0.1) is 11.8 Å². The van der Waals surface area contributed by atoms with E-state index in [-0.39, 0.29) is 0 Å². The van der Waals surface area contributed by atoms with E-state index in [0.717, 1.165) is 36.6 Å². The third-order valence-electron chi connectivity index (χ3n) is 3.40. The minimum absolute atomic E-state index is 0.740. The van der Waals surface area contributed by atoms with E-state index in [9.17, 15) is 0 Å². The van der Waals surface area contributed by atoms with E-state index in [2.05, 4.69) is 37.4 Å². The largest absolute Gasteiger partial charge is 0.497 e. The van der Waals surface area contributed by atoms with Crippen LogP contribution in [0.15, 0.2) is 24.3 Å². The monoisotopic (exact) mass is 233 g/mol. The van der Waals surface area contributed by atoms with Gasteiger partial charge in [-0.25, -0.2) is 0 Å². The predicted octanol–water partition coefficient (Wildman–Crippen LogP) is 3.04. The lowest BCUT2D eigenvalue weighted by atomic mass is 10.1. The van der Waals surface area contributed by atoms with Gasteiger partial charge in [0.25, 0.3) is 0 Å². The molecule has 94 valence electrons. The van der Waals surface area contributed by atoms with Gasteiger partial charge in [0.2, 0.25) is 0 Å². The second-order valence-electron chi connectivity index (χ2n) is 5.43. The maximum atomic E-state index is 5.27. The fourth-order valence-electron chi connectivity index (χ4n) is 2.31. The van der Waals surface area contributed by atoms with Crippen LogP contribution in [0.1, 0.15) is 31.7 Å². The summed E-state index contributed by atoms with van der Waals surface area (Å²) in [4.78, 5) is 0. The molecular formula is C15H23NO. The Hall–Kier alpha value is -1.02. The molecule has 1 N–H and O–H groups in total. The maximum absolute atomic E-state index is 5.27. The molecule has 2 nitrogen and oxygen atoms in total. The predicted molar refractivity (Wildman–Crippen MR) is 71.5 cm³/mol. The van der Waals surface area contributed by atoms with Crippen LogP contribution in [0.5, 0.6) is 5.75 Å². The van der Waals surface area contributed by atoms with Crippen molar-refractivity contribution in [1.29, 1.82) is 0 Å². The topological polar surface area (TPSA) is 21.3 Å². The normalized spacial score (nSPS) is 22.8. The van der Waals surface area contributed by atoms with E-state index < -0.39 is 0 Å². The lowest BCUT2D eigenvalue weighted by Gasteiger charge is -2.07. The Morgan fingerprint density at radius 2 is 2.24 bits per heavy atom. The van der Waals surface area contributed by atoms with Crippen molar-refractivity contribution in [2.75, 3.05) is 20.2 Å². The van der Waals surface area contributed by atoms with Crippen molar-refractivity contribution < 1.29 is 4.74 Å². The van der Waals surface area contributed by atoms with Crippen LogP contribution in [0.2, 0.25) is 0 Å². The van der Waals surface area contributed by atoms with E-state index in [1.165, 1.54) is 12.0 Å².